The first-order valence-corrected chi connectivity index (χ1v) is 7.41. The molecule has 0 aliphatic rings. The Kier molecular flexibility index (Phi) is 4.94. The van der Waals surface area contributed by atoms with Crippen LogP contribution >= 0.6 is 11.3 Å². The Balaban J connectivity index is 2.26. The molecule has 0 radical (unpaired) electrons. The molecular formula is C15H16N2O3S. The van der Waals surface area contributed by atoms with Crippen LogP contribution in [0.25, 0.3) is 10.4 Å². The molecule has 2 aromatic rings. The van der Waals surface area contributed by atoms with Crippen LogP contribution in [0.15, 0.2) is 36.4 Å². The van der Waals surface area contributed by atoms with Crippen molar-refractivity contribution >= 4 is 29.0 Å². The maximum Gasteiger partial charge on any atom is 0.348 e. The van der Waals surface area contributed by atoms with Crippen LogP contribution in [0.2, 0.25) is 0 Å². The van der Waals surface area contributed by atoms with E-state index in [-0.39, 0.29) is 4.88 Å². The fourth-order valence-electron chi connectivity index (χ4n) is 1.79. The van der Waals surface area contributed by atoms with Crippen molar-refractivity contribution in [2.24, 2.45) is 0 Å². The second-order valence-corrected chi connectivity index (χ2v) is 5.46. The number of rotatable bonds is 5. The van der Waals surface area contributed by atoms with E-state index in [2.05, 4.69) is 10.6 Å². The molecule has 0 spiro atoms. The van der Waals surface area contributed by atoms with Gasteiger partial charge in [-0.15, -0.1) is 11.3 Å². The Labute approximate surface area is 126 Å². The smallest absolute Gasteiger partial charge is 0.348 e. The van der Waals surface area contributed by atoms with Crippen molar-refractivity contribution in [3.63, 3.8) is 0 Å². The minimum atomic E-state index is -1.05. The number of hydrogen-bond donors (Lipinski definition) is 3. The summed E-state index contributed by atoms with van der Waals surface area (Å²) in [5.41, 5.74) is 1.24. The number of aromatic carboxylic acids is 1. The first-order valence-electron chi connectivity index (χ1n) is 6.59. The number of anilines is 1. The van der Waals surface area contributed by atoms with Gasteiger partial charge in [-0.2, -0.15) is 0 Å². The number of benzene rings is 1. The van der Waals surface area contributed by atoms with Crippen LogP contribution in [0, 0.1) is 0 Å². The van der Waals surface area contributed by atoms with Gasteiger partial charge in [-0.25, -0.2) is 9.59 Å². The van der Waals surface area contributed by atoms with Crippen molar-refractivity contribution in [1.82, 2.24) is 5.32 Å². The highest BCUT2D eigenvalue weighted by Gasteiger charge is 2.17. The van der Waals surface area contributed by atoms with Gasteiger partial charge in [-0.1, -0.05) is 37.3 Å². The monoisotopic (exact) mass is 304 g/mol. The molecule has 1 heterocycles. The number of hydrogen-bond acceptors (Lipinski definition) is 3. The first-order chi connectivity index (χ1) is 10.1. The van der Waals surface area contributed by atoms with Crippen molar-refractivity contribution in [3.8, 4) is 10.4 Å². The quantitative estimate of drug-likeness (QED) is 0.789. The molecule has 1 aromatic carbocycles. The molecule has 0 saturated heterocycles. The summed E-state index contributed by atoms with van der Waals surface area (Å²) in [5, 5.41) is 14.5. The average Bonchev–Trinajstić information content (AvgIpc) is 2.90. The van der Waals surface area contributed by atoms with Crippen LogP contribution in [-0.4, -0.2) is 23.7 Å². The lowest BCUT2D eigenvalue weighted by molar-refractivity contribution is 0.0703. The van der Waals surface area contributed by atoms with E-state index in [1.54, 1.807) is 6.07 Å². The Bertz CT molecular complexity index is 638. The summed E-state index contributed by atoms with van der Waals surface area (Å²) in [7, 11) is 0. The summed E-state index contributed by atoms with van der Waals surface area (Å²) >= 11 is 1.14. The van der Waals surface area contributed by atoms with E-state index in [0.29, 0.717) is 12.2 Å². The second-order valence-electron chi connectivity index (χ2n) is 4.41. The molecule has 0 atom stereocenters. The molecule has 0 unspecified atom stereocenters. The molecule has 21 heavy (non-hydrogen) atoms. The molecule has 2 rings (SSSR count). The third-order valence-electron chi connectivity index (χ3n) is 2.77. The van der Waals surface area contributed by atoms with Gasteiger partial charge >= 0.3 is 12.0 Å². The Hall–Kier alpha value is -2.34. The Morgan fingerprint density at radius 2 is 1.95 bits per heavy atom. The summed E-state index contributed by atoms with van der Waals surface area (Å²) in [6.45, 7) is 2.49. The zero-order valence-electron chi connectivity index (χ0n) is 11.6. The number of thiophene rings is 1. The molecule has 0 aliphatic heterocycles. The first kappa shape index (κ1) is 15.1. The van der Waals surface area contributed by atoms with Gasteiger partial charge in [0.25, 0.3) is 0 Å². The molecule has 0 fully saturated rings. The molecule has 110 valence electrons. The number of carboxylic acids is 1. The summed E-state index contributed by atoms with van der Waals surface area (Å²) < 4.78 is 0. The number of urea groups is 1. The lowest BCUT2D eigenvalue weighted by Crippen LogP contribution is -2.29. The zero-order chi connectivity index (χ0) is 15.2. The van der Waals surface area contributed by atoms with Gasteiger partial charge in [0.15, 0.2) is 0 Å². The molecule has 0 saturated carbocycles. The maximum atomic E-state index is 11.7. The van der Waals surface area contributed by atoms with Gasteiger partial charge < -0.3 is 15.7 Å². The average molecular weight is 304 g/mol. The molecule has 0 bridgehead atoms. The summed E-state index contributed by atoms with van der Waals surface area (Å²) in [6, 6.07) is 10.8. The standard InChI is InChI=1S/C15H16N2O3S/c1-2-8-16-15(20)17-11-9-12(21-13(11)14(18)19)10-6-4-3-5-7-10/h3-7,9H,2,8H2,1H3,(H,18,19)(H2,16,17,20). The molecule has 6 heteroatoms. The van der Waals surface area contributed by atoms with E-state index in [1.165, 1.54) is 0 Å². The molecular weight excluding hydrogens is 288 g/mol. The van der Waals surface area contributed by atoms with E-state index in [1.807, 2.05) is 37.3 Å². The zero-order valence-corrected chi connectivity index (χ0v) is 12.4. The maximum absolute atomic E-state index is 11.7. The normalized spacial score (nSPS) is 10.1. The van der Waals surface area contributed by atoms with E-state index < -0.39 is 12.0 Å². The third-order valence-corrected chi connectivity index (χ3v) is 3.94. The number of carbonyl (C=O) groups excluding carboxylic acids is 1. The van der Waals surface area contributed by atoms with Crippen LogP contribution < -0.4 is 10.6 Å². The largest absolute Gasteiger partial charge is 0.477 e. The summed E-state index contributed by atoms with van der Waals surface area (Å²) in [5.74, 6) is -1.05. The van der Waals surface area contributed by atoms with E-state index in [4.69, 9.17) is 0 Å². The predicted molar refractivity (Wildman–Crippen MR) is 84.0 cm³/mol. The van der Waals surface area contributed by atoms with Crippen LogP contribution in [0.4, 0.5) is 10.5 Å². The van der Waals surface area contributed by atoms with Gasteiger partial charge in [0.05, 0.1) is 5.69 Å². The SMILES string of the molecule is CCCNC(=O)Nc1cc(-c2ccccc2)sc1C(=O)O. The number of nitrogens with one attached hydrogen (secondary N) is 2. The second kappa shape index (κ2) is 6.90. The van der Waals surface area contributed by atoms with E-state index >= 15 is 0 Å². The van der Waals surface area contributed by atoms with E-state index in [9.17, 15) is 14.7 Å². The predicted octanol–water partition coefficient (Wildman–Crippen LogP) is 3.64. The molecule has 1 aromatic heterocycles. The molecule has 0 aliphatic carbocycles. The number of carbonyl (C=O) groups is 2. The Morgan fingerprint density at radius 3 is 2.57 bits per heavy atom. The lowest BCUT2D eigenvalue weighted by atomic mass is 10.2. The summed E-state index contributed by atoms with van der Waals surface area (Å²) in [6.07, 6.45) is 0.818. The van der Waals surface area contributed by atoms with Gasteiger partial charge in [-0.3, -0.25) is 0 Å². The van der Waals surface area contributed by atoms with Crippen molar-refractivity contribution in [2.75, 3.05) is 11.9 Å². The fraction of sp³-hybridized carbons (Fsp3) is 0.200. The van der Waals surface area contributed by atoms with Crippen LogP contribution in [0.3, 0.4) is 0 Å². The minimum Gasteiger partial charge on any atom is -0.477 e. The van der Waals surface area contributed by atoms with Gasteiger partial charge in [0.1, 0.15) is 4.88 Å². The van der Waals surface area contributed by atoms with Crippen molar-refractivity contribution < 1.29 is 14.7 Å². The number of carboxylic acid groups (broad SMARTS) is 1. The molecule has 5 nitrogen and oxygen atoms in total. The van der Waals surface area contributed by atoms with Gasteiger partial charge in [-0.05, 0) is 18.1 Å². The minimum absolute atomic E-state index is 0.125. The molecule has 2 amide bonds. The van der Waals surface area contributed by atoms with Gasteiger partial charge in [0, 0.05) is 11.4 Å². The fourth-order valence-corrected chi connectivity index (χ4v) is 2.75. The molecule has 3 N–H and O–H groups in total. The van der Waals surface area contributed by atoms with Crippen molar-refractivity contribution in [2.45, 2.75) is 13.3 Å². The van der Waals surface area contributed by atoms with Gasteiger partial charge in [0.2, 0.25) is 0 Å². The van der Waals surface area contributed by atoms with Crippen molar-refractivity contribution in [1.29, 1.82) is 0 Å². The van der Waals surface area contributed by atoms with Crippen molar-refractivity contribution in [3.05, 3.63) is 41.3 Å². The Morgan fingerprint density at radius 1 is 1.24 bits per heavy atom. The topological polar surface area (TPSA) is 78.4 Å². The highest BCUT2D eigenvalue weighted by atomic mass is 32.1. The summed E-state index contributed by atoms with van der Waals surface area (Å²) in [4.78, 5) is 23.9. The van der Waals surface area contributed by atoms with Crippen LogP contribution in [0.5, 0.6) is 0 Å². The number of amides is 2. The highest BCUT2D eigenvalue weighted by molar-refractivity contribution is 7.18. The van der Waals surface area contributed by atoms with E-state index in [0.717, 1.165) is 28.2 Å². The third kappa shape index (κ3) is 3.82. The highest BCUT2D eigenvalue weighted by Crippen LogP contribution is 2.34. The van der Waals surface area contributed by atoms with Crippen LogP contribution in [-0.2, 0) is 0 Å². The lowest BCUT2D eigenvalue weighted by Gasteiger charge is -2.05. The van der Waals surface area contributed by atoms with Crippen LogP contribution in [0.1, 0.15) is 23.0 Å².